The summed E-state index contributed by atoms with van der Waals surface area (Å²) in [6, 6.07) is 0.0446. The fourth-order valence-electron chi connectivity index (χ4n) is 1.62. The summed E-state index contributed by atoms with van der Waals surface area (Å²) in [4.78, 5) is 13.0. The summed E-state index contributed by atoms with van der Waals surface area (Å²) >= 11 is 0. The first kappa shape index (κ1) is 11.4. The Bertz CT molecular complexity index is 210. The Balaban J connectivity index is 2.58. The van der Waals surface area contributed by atoms with Gasteiger partial charge < -0.3 is 15.6 Å². The Morgan fingerprint density at radius 1 is 1.71 bits per heavy atom. The molecule has 0 saturated carbocycles. The van der Waals surface area contributed by atoms with Gasteiger partial charge >= 0.3 is 0 Å². The Labute approximate surface area is 83.8 Å². The van der Waals surface area contributed by atoms with E-state index in [0.717, 1.165) is 6.54 Å². The zero-order valence-electron chi connectivity index (χ0n) is 8.64. The summed E-state index contributed by atoms with van der Waals surface area (Å²) in [5, 5.41) is 9.00. The number of nitrogens with two attached hydrogens (primary N) is 1. The second kappa shape index (κ2) is 4.72. The Hall–Kier alpha value is -0.650. The van der Waals surface area contributed by atoms with Gasteiger partial charge in [-0.05, 0) is 13.8 Å². The monoisotopic (exact) mass is 202 g/mol. The molecule has 1 fully saturated rings. The molecule has 1 amide bonds. The molecule has 0 aromatic heterocycles. The molecule has 3 N–H and O–H groups in total. The second-order valence-corrected chi connectivity index (χ2v) is 3.82. The molecule has 0 bridgehead atoms. The lowest BCUT2D eigenvalue weighted by atomic mass is 10.1. The number of carbonyl (C=O) groups is 1. The van der Waals surface area contributed by atoms with Gasteiger partial charge in [0.2, 0.25) is 5.91 Å². The first-order valence-corrected chi connectivity index (χ1v) is 4.84. The number of ether oxygens (including phenoxy) is 1. The van der Waals surface area contributed by atoms with Crippen LogP contribution in [0.2, 0.25) is 0 Å². The van der Waals surface area contributed by atoms with Crippen LogP contribution in [0.1, 0.15) is 13.8 Å². The molecular weight excluding hydrogens is 184 g/mol. The van der Waals surface area contributed by atoms with Crippen LogP contribution in [0.15, 0.2) is 0 Å². The van der Waals surface area contributed by atoms with Crippen LogP contribution >= 0.6 is 0 Å². The molecular formula is C9H18N2O3. The predicted molar refractivity (Wildman–Crippen MR) is 51.7 cm³/mol. The molecule has 1 aliphatic heterocycles. The van der Waals surface area contributed by atoms with Gasteiger partial charge in [0.1, 0.15) is 6.10 Å². The van der Waals surface area contributed by atoms with Crippen LogP contribution in [0.4, 0.5) is 0 Å². The number of morpholine rings is 1. The lowest BCUT2D eigenvalue weighted by molar-refractivity contribution is -0.144. The minimum absolute atomic E-state index is 0.0183. The van der Waals surface area contributed by atoms with E-state index in [1.807, 2.05) is 18.7 Å². The lowest BCUT2D eigenvalue weighted by Crippen LogP contribution is -2.54. The zero-order chi connectivity index (χ0) is 10.7. The van der Waals surface area contributed by atoms with Gasteiger partial charge in [0, 0.05) is 19.1 Å². The number of nitrogens with zero attached hydrogens (tertiary/aromatic N) is 1. The highest BCUT2D eigenvalue weighted by Crippen LogP contribution is 2.13. The van der Waals surface area contributed by atoms with Crippen molar-refractivity contribution in [3.05, 3.63) is 0 Å². The van der Waals surface area contributed by atoms with Crippen molar-refractivity contribution < 1.29 is 14.6 Å². The number of rotatable bonds is 3. The van der Waals surface area contributed by atoms with E-state index in [-0.39, 0.29) is 18.8 Å². The van der Waals surface area contributed by atoms with Crippen LogP contribution in [0.5, 0.6) is 0 Å². The normalized spacial score (nSPS) is 31.4. The van der Waals surface area contributed by atoms with Crippen molar-refractivity contribution in [2.45, 2.75) is 32.1 Å². The quantitative estimate of drug-likeness (QED) is 0.612. The SMILES string of the molecule is CC1CN([C@H](C)CO)CC(C(N)=O)O1. The molecule has 1 heterocycles. The number of aliphatic hydroxyl groups is 1. The highest BCUT2D eigenvalue weighted by atomic mass is 16.5. The van der Waals surface area contributed by atoms with Gasteiger partial charge in [-0.15, -0.1) is 0 Å². The highest BCUT2D eigenvalue weighted by molar-refractivity contribution is 5.79. The van der Waals surface area contributed by atoms with Gasteiger partial charge in [0.15, 0.2) is 0 Å². The maximum absolute atomic E-state index is 11.0. The fourth-order valence-corrected chi connectivity index (χ4v) is 1.62. The smallest absolute Gasteiger partial charge is 0.247 e. The van der Waals surface area contributed by atoms with E-state index in [1.54, 1.807) is 0 Å². The third-order valence-electron chi connectivity index (χ3n) is 2.49. The summed E-state index contributed by atoms with van der Waals surface area (Å²) in [6.07, 6.45) is -0.567. The van der Waals surface area contributed by atoms with E-state index in [4.69, 9.17) is 15.6 Å². The van der Waals surface area contributed by atoms with Crippen molar-refractivity contribution in [2.75, 3.05) is 19.7 Å². The third-order valence-corrected chi connectivity index (χ3v) is 2.49. The van der Waals surface area contributed by atoms with Gasteiger partial charge in [0.05, 0.1) is 12.7 Å². The molecule has 0 radical (unpaired) electrons. The molecule has 3 atom stereocenters. The molecule has 14 heavy (non-hydrogen) atoms. The van der Waals surface area contributed by atoms with Crippen molar-refractivity contribution in [2.24, 2.45) is 5.73 Å². The Kier molecular flexibility index (Phi) is 3.86. The number of hydrogen-bond donors (Lipinski definition) is 2. The minimum atomic E-state index is -0.548. The van der Waals surface area contributed by atoms with Crippen molar-refractivity contribution in [1.82, 2.24) is 4.90 Å². The van der Waals surface area contributed by atoms with E-state index in [0.29, 0.717) is 6.54 Å². The van der Waals surface area contributed by atoms with Gasteiger partial charge in [-0.1, -0.05) is 0 Å². The average molecular weight is 202 g/mol. The molecule has 1 rings (SSSR count). The zero-order valence-corrected chi connectivity index (χ0v) is 8.64. The van der Waals surface area contributed by atoms with Gasteiger partial charge in [-0.3, -0.25) is 9.69 Å². The number of carbonyl (C=O) groups excluding carboxylic acids is 1. The summed E-state index contributed by atoms with van der Waals surface area (Å²) < 4.78 is 5.37. The van der Waals surface area contributed by atoms with E-state index in [1.165, 1.54) is 0 Å². The van der Waals surface area contributed by atoms with E-state index >= 15 is 0 Å². The van der Waals surface area contributed by atoms with E-state index in [9.17, 15) is 4.79 Å². The molecule has 1 aliphatic rings. The topological polar surface area (TPSA) is 75.8 Å². The average Bonchev–Trinajstić information content (AvgIpc) is 2.15. The van der Waals surface area contributed by atoms with Crippen molar-refractivity contribution in [1.29, 1.82) is 0 Å². The fraction of sp³-hybridized carbons (Fsp3) is 0.889. The van der Waals surface area contributed by atoms with Crippen LogP contribution in [0, 0.1) is 0 Å². The number of hydrogen-bond acceptors (Lipinski definition) is 4. The molecule has 5 heteroatoms. The van der Waals surface area contributed by atoms with Crippen molar-refractivity contribution in [3.63, 3.8) is 0 Å². The standard InChI is InChI=1S/C9H18N2O3/c1-6(5-12)11-3-7(2)14-8(4-11)9(10)13/h6-8,12H,3-5H2,1-2H3,(H2,10,13)/t6-,7?,8?/m1/s1. The highest BCUT2D eigenvalue weighted by Gasteiger charge is 2.30. The molecule has 82 valence electrons. The molecule has 5 nitrogen and oxygen atoms in total. The van der Waals surface area contributed by atoms with E-state index < -0.39 is 12.0 Å². The summed E-state index contributed by atoms with van der Waals surface area (Å²) in [5.74, 6) is -0.438. The molecule has 0 aromatic rings. The summed E-state index contributed by atoms with van der Waals surface area (Å²) in [6.45, 7) is 5.09. The lowest BCUT2D eigenvalue weighted by Gasteiger charge is -2.38. The van der Waals surface area contributed by atoms with Gasteiger partial charge in [0.25, 0.3) is 0 Å². The van der Waals surface area contributed by atoms with Crippen LogP contribution in [0.3, 0.4) is 0 Å². The van der Waals surface area contributed by atoms with E-state index in [2.05, 4.69) is 0 Å². The van der Waals surface area contributed by atoms with Crippen LogP contribution in [0.25, 0.3) is 0 Å². The van der Waals surface area contributed by atoms with Crippen LogP contribution in [-0.2, 0) is 9.53 Å². The summed E-state index contributed by atoms with van der Waals surface area (Å²) in [5.41, 5.74) is 5.18. The molecule has 2 unspecified atom stereocenters. The molecule has 0 aliphatic carbocycles. The van der Waals surface area contributed by atoms with Gasteiger partial charge in [-0.2, -0.15) is 0 Å². The van der Waals surface area contributed by atoms with Crippen molar-refractivity contribution in [3.8, 4) is 0 Å². The molecule has 1 saturated heterocycles. The van der Waals surface area contributed by atoms with Crippen molar-refractivity contribution >= 4 is 5.91 Å². The van der Waals surface area contributed by atoms with Gasteiger partial charge in [-0.25, -0.2) is 0 Å². The van der Waals surface area contributed by atoms with Crippen LogP contribution < -0.4 is 5.73 Å². The maximum atomic E-state index is 11.0. The second-order valence-electron chi connectivity index (χ2n) is 3.82. The maximum Gasteiger partial charge on any atom is 0.247 e. The Morgan fingerprint density at radius 3 is 2.86 bits per heavy atom. The Morgan fingerprint density at radius 2 is 2.36 bits per heavy atom. The summed E-state index contributed by atoms with van der Waals surface area (Å²) in [7, 11) is 0. The largest absolute Gasteiger partial charge is 0.395 e. The molecule has 0 spiro atoms. The van der Waals surface area contributed by atoms with Crippen LogP contribution in [-0.4, -0.2) is 53.9 Å². The first-order chi connectivity index (χ1) is 6.54. The third kappa shape index (κ3) is 2.67. The number of amides is 1. The minimum Gasteiger partial charge on any atom is -0.395 e. The predicted octanol–water partition coefficient (Wildman–Crippen LogP) is -1.06. The number of aliphatic hydroxyl groups excluding tert-OH is 1. The molecule has 0 aromatic carbocycles. The first-order valence-electron chi connectivity index (χ1n) is 4.84. The number of primary amides is 1.